The van der Waals surface area contributed by atoms with Gasteiger partial charge in [0.25, 0.3) is 10.1 Å². The minimum atomic E-state index is -4.73. The van der Waals surface area contributed by atoms with Gasteiger partial charge in [-0.25, -0.2) is 5.26 Å². The number of unbranched alkanes of at least 4 members (excludes halogenated alkanes) is 10. The minimum absolute atomic E-state index is 0. The SMILES string of the molecule is CCCCCCCCOC(=O)CC(C(=O)OCCCCCCCC)S(=O)(=O)O.N#C[O-].[Na+]. The quantitative estimate of drug-likeness (QED) is 0.0943. The fourth-order valence-electron chi connectivity index (χ4n) is 2.74. The Bertz CT molecular complexity index is 607. The molecule has 1 N–H and O–H groups in total. The summed E-state index contributed by atoms with van der Waals surface area (Å²) in [5, 5.41) is 13.1. The van der Waals surface area contributed by atoms with E-state index >= 15 is 0 Å². The molecule has 0 heterocycles. The Balaban J connectivity index is -0.00000198. The third-order valence-corrected chi connectivity index (χ3v) is 5.56. The van der Waals surface area contributed by atoms with Crippen LogP contribution in [-0.4, -0.2) is 43.4 Å². The molecule has 0 rings (SSSR count). The topological polar surface area (TPSA) is 154 Å². The van der Waals surface area contributed by atoms with Crippen LogP contribution in [0.4, 0.5) is 0 Å². The Hall–Kier alpha value is -0.860. The first kappa shape index (κ1) is 35.7. The van der Waals surface area contributed by atoms with E-state index in [9.17, 15) is 22.6 Å². The molecule has 0 aliphatic carbocycles. The number of ether oxygens (including phenoxy) is 2. The van der Waals surface area contributed by atoms with Crippen molar-refractivity contribution in [3.05, 3.63) is 0 Å². The van der Waals surface area contributed by atoms with E-state index in [1.807, 2.05) is 0 Å². The Morgan fingerprint density at radius 2 is 1.25 bits per heavy atom. The number of carbonyl (C=O) groups excluding carboxylic acids is 2. The van der Waals surface area contributed by atoms with Crippen LogP contribution in [0.2, 0.25) is 0 Å². The molecule has 0 spiro atoms. The van der Waals surface area contributed by atoms with Crippen molar-refractivity contribution < 1.29 is 66.7 Å². The van der Waals surface area contributed by atoms with Crippen LogP contribution in [0.3, 0.4) is 0 Å². The number of rotatable bonds is 18. The second-order valence-electron chi connectivity index (χ2n) is 7.22. The van der Waals surface area contributed by atoms with E-state index in [1.54, 1.807) is 0 Å². The van der Waals surface area contributed by atoms with Gasteiger partial charge in [0.2, 0.25) is 0 Å². The van der Waals surface area contributed by atoms with Gasteiger partial charge in [-0.2, -0.15) is 8.42 Å². The van der Waals surface area contributed by atoms with Crippen LogP contribution in [0, 0.1) is 11.5 Å². The van der Waals surface area contributed by atoms with Gasteiger partial charge in [-0.05, 0) is 12.8 Å². The standard InChI is InChI=1S/C20H38O7S.CHNO.Na/c1-3-5-7-9-11-13-15-26-19(21)17-18(28(23,24)25)20(22)27-16-14-12-10-8-6-4-2;2-1-3;/h18H,3-17H2,1-2H3,(H,23,24,25);3H;/q;;+1/p-1. The van der Waals surface area contributed by atoms with Crippen LogP contribution in [-0.2, 0) is 29.2 Å². The summed E-state index contributed by atoms with van der Waals surface area (Å²) >= 11 is 0. The third-order valence-electron chi connectivity index (χ3n) is 4.48. The van der Waals surface area contributed by atoms with E-state index in [1.165, 1.54) is 6.42 Å². The van der Waals surface area contributed by atoms with Gasteiger partial charge >= 0.3 is 41.5 Å². The molecule has 1 atom stereocenters. The molecule has 9 nitrogen and oxygen atoms in total. The first-order chi connectivity index (χ1) is 14.7. The van der Waals surface area contributed by atoms with Crippen molar-refractivity contribution in [1.82, 2.24) is 0 Å². The van der Waals surface area contributed by atoms with Gasteiger partial charge < -0.3 is 14.6 Å². The number of nitrogens with zero attached hydrogens (tertiary/aromatic N) is 1. The zero-order valence-electron chi connectivity index (χ0n) is 19.8. The smallest absolute Gasteiger partial charge is 0.812 e. The maximum atomic E-state index is 12.0. The first-order valence-electron chi connectivity index (χ1n) is 11.0. The largest absolute Gasteiger partial charge is 1.00 e. The predicted octanol–water partition coefficient (Wildman–Crippen LogP) is 0.272. The van der Waals surface area contributed by atoms with Crippen LogP contribution < -0.4 is 34.7 Å². The fraction of sp³-hybridized carbons (Fsp3) is 0.857. The number of esters is 2. The van der Waals surface area contributed by atoms with Crippen molar-refractivity contribution in [2.45, 2.75) is 103 Å². The molecular formula is C21H38NNaO8S. The van der Waals surface area contributed by atoms with Gasteiger partial charge in [-0.15, -0.1) is 0 Å². The van der Waals surface area contributed by atoms with Crippen molar-refractivity contribution in [3.8, 4) is 6.26 Å². The van der Waals surface area contributed by atoms with E-state index in [4.69, 9.17) is 19.8 Å². The maximum absolute atomic E-state index is 12.0. The molecule has 1 unspecified atom stereocenters. The molecular weight excluding hydrogens is 449 g/mol. The molecule has 0 saturated heterocycles. The van der Waals surface area contributed by atoms with Gasteiger partial charge in [0.05, 0.1) is 19.6 Å². The first-order valence-corrected chi connectivity index (χ1v) is 12.5. The zero-order valence-corrected chi connectivity index (χ0v) is 22.7. The fourth-order valence-corrected chi connectivity index (χ4v) is 3.39. The molecule has 0 amide bonds. The van der Waals surface area contributed by atoms with E-state index in [-0.39, 0.29) is 42.8 Å². The summed E-state index contributed by atoms with van der Waals surface area (Å²) in [4.78, 5) is 23.8. The number of carbonyl (C=O) groups is 2. The molecule has 32 heavy (non-hydrogen) atoms. The molecule has 0 bridgehead atoms. The summed E-state index contributed by atoms with van der Waals surface area (Å²) < 4.78 is 42.0. The Morgan fingerprint density at radius 1 is 0.875 bits per heavy atom. The predicted molar refractivity (Wildman–Crippen MR) is 114 cm³/mol. The van der Waals surface area contributed by atoms with Crippen molar-refractivity contribution in [2.75, 3.05) is 13.2 Å². The molecule has 0 aromatic rings. The molecule has 0 aromatic carbocycles. The maximum Gasteiger partial charge on any atom is 1.00 e. The van der Waals surface area contributed by atoms with Crippen molar-refractivity contribution in [3.63, 3.8) is 0 Å². The normalized spacial score (nSPS) is 11.2. The monoisotopic (exact) mass is 487 g/mol. The van der Waals surface area contributed by atoms with Gasteiger partial charge in [0, 0.05) is 6.26 Å². The van der Waals surface area contributed by atoms with Crippen molar-refractivity contribution in [1.29, 1.82) is 5.26 Å². The number of hydrogen-bond acceptors (Lipinski definition) is 8. The Labute approximate surface area is 215 Å². The summed E-state index contributed by atoms with van der Waals surface area (Å²) in [5.41, 5.74) is 0. The van der Waals surface area contributed by atoms with E-state index in [0.717, 1.165) is 57.8 Å². The van der Waals surface area contributed by atoms with Gasteiger partial charge in [0.1, 0.15) is 0 Å². The summed E-state index contributed by atoms with van der Waals surface area (Å²) in [6.07, 6.45) is 11.8. The molecule has 0 aliphatic rings. The van der Waals surface area contributed by atoms with Gasteiger partial charge in [-0.3, -0.25) is 14.1 Å². The summed E-state index contributed by atoms with van der Waals surface area (Å²) in [7, 11) is -4.73. The Morgan fingerprint density at radius 3 is 1.66 bits per heavy atom. The van der Waals surface area contributed by atoms with Crippen molar-refractivity contribution >= 4 is 22.1 Å². The molecule has 0 radical (unpaired) electrons. The average molecular weight is 488 g/mol. The summed E-state index contributed by atoms with van der Waals surface area (Å²) in [5.74, 6) is -1.93. The van der Waals surface area contributed by atoms with E-state index in [2.05, 4.69) is 13.8 Å². The summed E-state index contributed by atoms with van der Waals surface area (Å²) in [6, 6.07) is 0. The van der Waals surface area contributed by atoms with Crippen LogP contribution in [0.25, 0.3) is 0 Å². The van der Waals surface area contributed by atoms with Gasteiger partial charge in [0.15, 0.2) is 5.25 Å². The molecule has 0 aromatic heterocycles. The second kappa shape index (κ2) is 24.8. The van der Waals surface area contributed by atoms with Crippen LogP contribution in [0.5, 0.6) is 0 Å². The van der Waals surface area contributed by atoms with E-state index in [0.29, 0.717) is 19.1 Å². The van der Waals surface area contributed by atoms with E-state index < -0.39 is 33.7 Å². The second-order valence-corrected chi connectivity index (χ2v) is 8.82. The Kier molecular flexibility index (Phi) is 27.7. The minimum Gasteiger partial charge on any atom is -0.812 e. The van der Waals surface area contributed by atoms with Crippen molar-refractivity contribution in [2.24, 2.45) is 0 Å². The molecule has 0 fully saturated rings. The van der Waals surface area contributed by atoms with Crippen LogP contribution in [0.1, 0.15) is 97.3 Å². The average Bonchev–Trinajstić information content (AvgIpc) is 2.70. The third kappa shape index (κ3) is 23.8. The van der Waals surface area contributed by atoms with Crippen LogP contribution >= 0.6 is 0 Å². The number of hydrogen-bond donors (Lipinski definition) is 1. The van der Waals surface area contributed by atoms with Crippen LogP contribution in [0.15, 0.2) is 0 Å². The molecule has 182 valence electrons. The molecule has 0 aliphatic heterocycles. The zero-order chi connectivity index (χ0) is 24.0. The van der Waals surface area contributed by atoms with Gasteiger partial charge in [-0.1, -0.05) is 78.1 Å². The molecule has 11 heteroatoms. The summed E-state index contributed by atoms with van der Waals surface area (Å²) in [6.45, 7) is 4.50. The molecule has 0 saturated carbocycles. The number of nitriles is 1.